The van der Waals surface area contributed by atoms with E-state index in [1.807, 2.05) is 13.8 Å². The maximum atomic E-state index is 12.1. The third kappa shape index (κ3) is 4.09. The highest BCUT2D eigenvalue weighted by atomic mass is 16.5. The van der Waals surface area contributed by atoms with Crippen molar-refractivity contribution in [3.8, 4) is 0 Å². The Kier molecular flexibility index (Phi) is 6.55. The maximum Gasteiger partial charge on any atom is 0.306 e. The first-order chi connectivity index (χ1) is 14.6. The lowest BCUT2D eigenvalue weighted by molar-refractivity contribution is -0.174. The number of aliphatic hydroxyl groups is 2. The van der Waals surface area contributed by atoms with Crippen LogP contribution in [0.4, 0.5) is 0 Å². The normalized spacial score (nSPS) is 47.9. The summed E-state index contributed by atoms with van der Waals surface area (Å²) in [6, 6.07) is 0. The first kappa shape index (κ1) is 23.5. The highest BCUT2D eigenvalue weighted by Crippen LogP contribution is 2.68. The van der Waals surface area contributed by atoms with Crippen LogP contribution >= 0.6 is 0 Å². The fraction of sp³-hybridized carbons (Fsp3) is 0.963. The van der Waals surface area contributed by atoms with Crippen molar-refractivity contribution in [3.05, 3.63) is 0 Å². The molecule has 0 amide bonds. The van der Waals surface area contributed by atoms with Crippen molar-refractivity contribution in [2.75, 3.05) is 0 Å². The summed E-state index contributed by atoms with van der Waals surface area (Å²) in [7, 11) is 0. The molecular formula is C27H46O4. The molecule has 0 heterocycles. The fourth-order valence-electron chi connectivity index (χ4n) is 9.04. The number of hydrogen-bond donors (Lipinski definition) is 2. The Bertz CT molecular complexity index is 662. The quantitative estimate of drug-likeness (QED) is 0.573. The van der Waals surface area contributed by atoms with E-state index < -0.39 is 0 Å². The van der Waals surface area contributed by atoms with Crippen LogP contribution in [0.25, 0.3) is 0 Å². The number of fused-ring (bicyclic) bond motifs is 5. The average molecular weight is 435 g/mol. The molecule has 4 rings (SSSR count). The Morgan fingerprint density at radius 2 is 1.65 bits per heavy atom. The summed E-state index contributed by atoms with van der Waals surface area (Å²) < 4.78 is 5.36. The van der Waals surface area contributed by atoms with E-state index in [1.165, 1.54) is 25.7 Å². The minimum absolute atomic E-state index is 0.0367. The van der Waals surface area contributed by atoms with E-state index in [0.717, 1.165) is 32.1 Å². The van der Waals surface area contributed by atoms with Crippen molar-refractivity contribution in [3.63, 3.8) is 0 Å². The second-order valence-corrected chi connectivity index (χ2v) is 12.5. The molecule has 0 aromatic rings. The van der Waals surface area contributed by atoms with E-state index >= 15 is 0 Å². The van der Waals surface area contributed by atoms with Crippen LogP contribution < -0.4 is 0 Å². The average Bonchev–Trinajstić information content (AvgIpc) is 3.04. The predicted octanol–water partition coefficient (Wildman–Crippen LogP) is 5.34. The molecule has 2 unspecified atom stereocenters. The van der Waals surface area contributed by atoms with Gasteiger partial charge in [0.1, 0.15) is 0 Å². The number of carbonyl (C=O) groups is 1. The van der Waals surface area contributed by atoms with Gasteiger partial charge >= 0.3 is 5.97 Å². The Labute approximate surface area is 189 Å². The van der Waals surface area contributed by atoms with Crippen LogP contribution in [0.15, 0.2) is 0 Å². The maximum absolute atomic E-state index is 12.1. The molecule has 0 radical (unpaired) electrons. The Hall–Kier alpha value is -0.610. The number of carbonyl (C=O) groups excluding carboxylic acids is 1. The third-order valence-electron chi connectivity index (χ3n) is 10.6. The fourth-order valence-corrected chi connectivity index (χ4v) is 9.04. The second-order valence-electron chi connectivity index (χ2n) is 12.5. The number of aliphatic hydroxyl groups excluding tert-OH is 2. The lowest BCUT2D eigenvalue weighted by Gasteiger charge is -2.62. The van der Waals surface area contributed by atoms with Crippen molar-refractivity contribution in [2.45, 2.75) is 117 Å². The van der Waals surface area contributed by atoms with Gasteiger partial charge in [-0.25, -0.2) is 0 Å². The SMILES string of the molecule is CC(C)OC(=O)CC[C@@H](C)[C@H]1CC[C@H]2[C@@H]3C(O)C[C@@H]4CC(O)CC[C@]4(C)[C@H]3CC[C@]12C. The summed E-state index contributed by atoms with van der Waals surface area (Å²) in [4.78, 5) is 12.1. The molecule has 4 aliphatic carbocycles. The van der Waals surface area contributed by atoms with Gasteiger partial charge in [-0.15, -0.1) is 0 Å². The third-order valence-corrected chi connectivity index (χ3v) is 10.6. The summed E-state index contributed by atoms with van der Waals surface area (Å²) in [5, 5.41) is 21.6. The predicted molar refractivity (Wildman–Crippen MR) is 122 cm³/mol. The second kappa shape index (κ2) is 8.63. The van der Waals surface area contributed by atoms with Crippen molar-refractivity contribution in [2.24, 2.45) is 46.3 Å². The molecule has 0 aromatic carbocycles. The van der Waals surface area contributed by atoms with Crippen LogP contribution in [-0.2, 0) is 9.53 Å². The van der Waals surface area contributed by atoms with Gasteiger partial charge in [0.2, 0.25) is 0 Å². The zero-order valence-electron chi connectivity index (χ0n) is 20.5. The Morgan fingerprint density at radius 1 is 0.968 bits per heavy atom. The molecule has 0 saturated heterocycles. The van der Waals surface area contributed by atoms with Crippen molar-refractivity contribution >= 4 is 5.97 Å². The molecule has 4 aliphatic rings. The molecule has 0 aliphatic heterocycles. The monoisotopic (exact) mass is 434 g/mol. The zero-order chi connectivity index (χ0) is 22.6. The molecule has 2 N–H and O–H groups in total. The van der Waals surface area contributed by atoms with Crippen molar-refractivity contribution in [1.29, 1.82) is 0 Å². The smallest absolute Gasteiger partial charge is 0.306 e. The van der Waals surface area contributed by atoms with E-state index in [9.17, 15) is 15.0 Å². The van der Waals surface area contributed by atoms with Crippen LogP contribution in [0.5, 0.6) is 0 Å². The van der Waals surface area contributed by atoms with Gasteiger partial charge in [-0.2, -0.15) is 0 Å². The molecule has 178 valence electrons. The van der Waals surface area contributed by atoms with Gasteiger partial charge < -0.3 is 14.9 Å². The lowest BCUT2D eigenvalue weighted by Crippen LogP contribution is -2.58. The Morgan fingerprint density at radius 3 is 2.35 bits per heavy atom. The zero-order valence-corrected chi connectivity index (χ0v) is 20.5. The molecule has 4 nitrogen and oxygen atoms in total. The number of hydrogen-bond acceptors (Lipinski definition) is 4. The van der Waals surface area contributed by atoms with E-state index in [-0.39, 0.29) is 35.1 Å². The number of rotatable bonds is 5. The summed E-state index contributed by atoms with van der Waals surface area (Å²) in [6.07, 6.45) is 9.74. The topological polar surface area (TPSA) is 66.8 Å². The largest absolute Gasteiger partial charge is 0.463 e. The first-order valence-electron chi connectivity index (χ1n) is 13.1. The van der Waals surface area contributed by atoms with Gasteiger partial charge in [-0.05, 0) is 118 Å². The molecule has 0 spiro atoms. The molecule has 4 heteroatoms. The lowest BCUT2D eigenvalue weighted by atomic mass is 9.43. The van der Waals surface area contributed by atoms with Gasteiger partial charge in [0.15, 0.2) is 0 Å². The molecule has 31 heavy (non-hydrogen) atoms. The van der Waals surface area contributed by atoms with E-state index in [1.54, 1.807) is 0 Å². The van der Waals surface area contributed by atoms with Gasteiger partial charge in [0.25, 0.3) is 0 Å². The van der Waals surface area contributed by atoms with E-state index in [4.69, 9.17) is 4.74 Å². The van der Waals surface area contributed by atoms with Crippen LogP contribution in [-0.4, -0.2) is 34.5 Å². The molecule has 0 aromatic heterocycles. The highest BCUT2D eigenvalue weighted by molar-refractivity contribution is 5.69. The Balaban J connectivity index is 1.47. The van der Waals surface area contributed by atoms with Gasteiger partial charge in [-0.3, -0.25) is 4.79 Å². The van der Waals surface area contributed by atoms with Crippen molar-refractivity contribution < 1.29 is 19.7 Å². The first-order valence-corrected chi connectivity index (χ1v) is 13.1. The summed E-state index contributed by atoms with van der Waals surface area (Å²) in [5.74, 6) is 3.17. The molecule has 0 bridgehead atoms. The molecule has 4 fully saturated rings. The molecule has 10 atom stereocenters. The highest BCUT2D eigenvalue weighted by Gasteiger charge is 2.62. The van der Waals surface area contributed by atoms with Gasteiger partial charge in [0.05, 0.1) is 18.3 Å². The molecular weight excluding hydrogens is 388 g/mol. The van der Waals surface area contributed by atoms with Crippen LogP contribution in [0.1, 0.15) is 98.8 Å². The van der Waals surface area contributed by atoms with Gasteiger partial charge in [-0.1, -0.05) is 20.8 Å². The van der Waals surface area contributed by atoms with Crippen LogP contribution in [0, 0.1) is 46.3 Å². The summed E-state index contributed by atoms with van der Waals surface area (Å²) >= 11 is 0. The van der Waals surface area contributed by atoms with Crippen LogP contribution in [0.2, 0.25) is 0 Å². The van der Waals surface area contributed by atoms with E-state index in [0.29, 0.717) is 41.9 Å². The number of ether oxygens (including phenoxy) is 1. The van der Waals surface area contributed by atoms with Gasteiger partial charge in [0, 0.05) is 6.42 Å². The van der Waals surface area contributed by atoms with Crippen molar-refractivity contribution in [1.82, 2.24) is 0 Å². The van der Waals surface area contributed by atoms with Crippen LogP contribution in [0.3, 0.4) is 0 Å². The molecule has 4 saturated carbocycles. The van der Waals surface area contributed by atoms with E-state index in [2.05, 4.69) is 20.8 Å². The summed E-state index contributed by atoms with van der Waals surface area (Å²) in [5.41, 5.74) is 0.565. The minimum Gasteiger partial charge on any atom is -0.463 e. The summed E-state index contributed by atoms with van der Waals surface area (Å²) in [6.45, 7) is 11.1. The number of esters is 1. The minimum atomic E-state index is -0.215. The standard InChI is InChI=1S/C27H46O4/c1-16(2)31-24(30)9-6-17(3)20-7-8-21-25-22(11-13-27(20,21)5)26(4)12-10-19(28)14-18(26)15-23(25)29/h16-23,25,28-29H,6-15H2,1-5H3/t17-,18+,19?,20-,21+,22+,23?,25+,26+,27-/m1/s1.